The number of hydrogen-bond donors (Lipinski definition) is 2. The fourth-order valence-electron chi connectivity index (χ4n) is 2.70. The third-order valence-corrected chi connectivity index (χ3v) is 4.18. The third-order valence-electron chi connectivity index (χ3n) is 4.18. The maximum atomic E-state index is 9.34. The standard InChI is InChI=1S/C14H29NO2/c1-12(2)13-5-4-7-15(8-6-13)9-14(3,10-16)11-17/h12-13,16-17H,4-11H2,1-3H3. The lowest BCUT2D eigenvalue weighted by molar-refractivity contribution is 0.0356. The van der Waals surface area contributed by atoms with Gasteiger partial charge in [-0.2, -0.15) is 0 Å². The molecule has 0 aromatic carbocycles. The van der Waals surface area contributed by atoms with Crippen LogP contribution in [-0.4, -0.2) is 48.0 Å². The van der Waals surface area contributed by atoms with E-state index in [0.29, 0.717) is 0 Å². The van der Waals surface area contributed by atoms with Crippen LogP contribution in [0.25, 0.3) is 0 Å². The Labute approximate surface area is 106 Å². The number of likely N-dealkylation sites (tertiary alicyclic amines) is 1. The molecule has 1 unspecified atom stereocenters. The molecule has 0 amide bonds. The van der Waals surface area contributed by atoms with Gasteiger partial charge in [-0.3, -0.25) is 0 Å². The number of hydrogen-bond acceptors (Lipinski definition) is 3. The lowest BCUT2D eigenvalue weighted by Gasteiger charge is -2.32. The number of rotatable bonds is 5. The molecule has 1 atom stereocenters. The summed E-state index contributed by atoms with van der Waals surface area (Å²) in [6, 6.07) is 0. The Morgan fingerprint density at radius 1 is 1.18 bits per heavy atom. The molecule has 17 heavy (non-hydrogen) atoms. The first-order valence-corrected chi connectivity index (χ1v) is 6.95. The Morgan fingerprint density at radius 3 is 2.35 bits per heavy atom. The van der Waals surface area contributed by atoms with Gasteiger partial charge in [0.25, 0.3) is 0 Å². The maximum Gasteiger partial charge on any atom is 0.0519 e. The molecule has 102 valence electrons. The van der Waals surface area contributed by atoms with Crippen molar-refractivity contribution in [3.8, 4) is 0 Å². The second-order valence-electron chi connectivity index (χ2n) is 6.34. The average molecular weight is 243 g/mol. The third kappa shape index (κ3) is 4.57. The summed E-state index contributed by atoms with van der Waals surface area (Å²) in [7, 11) is 0. The molecule has 3 nitrogen and oxygen atoms in total. The van der Waals surface area contributed by atoms with Gasteiger partial charge in [0, 0.05) is 12.0 Å². The van der Waals surface area contributed by atoms with Crippen LogP contribution >= 0.6 is 0 Å². The predicted molar refractivity (Wildman–Crippen MR) is 70.9 cm³/mol. The Bertz CT molecular complexity index is 214. The quantitative estimate of drug-likeness (QED) is 0.773. The zero-order valence-corrected chi connectivity index (χ0v) is 11.7. The summed E-state index contributed by atoms with van der Waals surface area (Å²) in [5.41, 5.74) is -0.350. The Morgan fingerprint density at radius 2 is 1.82 bits per heavy atom. The number of nitrogens with zero attached hydrogens (tertiary/aromatic N) is 1. The summed E-state index contributed by atoms with van der Waals surface area (Å²) in [4.78, 5) is 2.41. The zero-order valence-electron chi connectivity index (χ0n) is 11.7. The fraction of sp³-hybridized carbons (Fsp3) is 1.00. The fourth-order valence-corrected chi connectivity index (χ4v) is 2.70. The Balaban J connectivity index is 2.46. The number of aliphatic hydroxyl groups excluding tert-OH is 2. The van der Waals surface area contributed by atoms with Crippen LogP contribution in [0.15, 0.2) is 0 Å². The van der Waals surface area contributed by atoms with Crippen molar-refractivity contribution in [3.05, 3.63) is 0 Å². The highest BCUT2D eigenvalue weighted by atomic mass is 16.3. The van der Waals surface area contributed by atoms with Crippen molar-refractivity contribution in [2.24, 2.45) is 17.3 Å². The monoisotopic (exact) mass is 243 g/mol. The zero-order chi connectivity index (χ0) is 12.9. The second-order valence-corrected chi connectivity index (χ2v) is 6.34. The van der Waals surface area contributed by atoms with Crippen molar-refractivity contribution in [1.82, 2.24) is 4.90 Å². The minimum Gasteiger partial charge on any atom is -0.396 e. The van der Waals surface area contributed by atoms with Gasteiger partial charge in [-0.15, -0.1) is 0 Å². The highest BCUT2D eigenvalue weighted by molar-refractivity contribution is 4.80. The van der Waals surface area contributed by atoms with Crippen LogP contribution in [0.1, 0.15) is 40.0 Å². The van der Waals surface area contributed by atoms with Gasteiger partial charge in [-0.05, 0) is 44.2 Å². The van der Waals surface area contributed by atoms with E-state index < -0.39 is 0 Å². The van der Waals surface area contributed by atoms with Gasteiger partial charge in [0.15, 0.2) is 0 Å². The van der Waals surface area contributed by atoms with Gasteiger partial charge < -0.3 is 15.1 Å². The molecule has 1 aliphatic heterocycles. The van der Waals surface area contributed by atoms with Crippen molar-refractivity contribution in [2.45, 2.75) is 40.0 Å². The van der Waals surface area contributed by atoms with Crippen molar-refractivity contribution in [3.63, 3.8) is 0 Å². The lowest BCUT2D eigenvalue weighted by Crippen LogP contribution is -2.41. The summed E-state index contributed by atoms with van der Waals surface area (Å²) >= 11 is 0. The topological polar surface area (TPSA) is 43.7 Å². The molecule has 0 saturated carbocycles. The SMILES string of the molecule is CC(C)C1CCCN(CC(C)(CO)CO)CC1. The first-order chi connectivity index (χ1) is 8.00. The van der Waals surface area contributed by atoms with Gasteiger partial charge in [0.2, 0.25) is 0 Å². The molecule has 1 saturated heterocycles. The van der Waals surface area contributed by atoms with Crippen LogP contribution in [0.2, 0.25) is 0 Å². The number of aliphatic hydroxyl groups is 2. The lowest BCUT2D eigenvalue weighted by atomic mass is 9.89. The van der Waals surface area contributed by atoms with Crippen LogP contribution in [0, 0.1) is 17.3 Å². The first kappa shape index (κ1) is 14.9. The minimum atomic E-state index is -0.350. The molecule has 0 aromatic rings. The molecule has 3 heteroatoms. The summed E-state index contributed by atoms with van der Waals surface area (Å²) in [5.74, 6) is 1.62. The Hall–Kier alpha value is -0.120. The van der Waals surface area contributed by atoms with Crippen molar-refractivity contribution < 1.29 is 10.2 Å². The smallest absolute Gasteiger partial charge is 0.0519 e. The van der Waals surface area contributed by atoms with Gasteiger partial charge >= 0.3 is 0 Å². The van der Waals surface area contributed by atoms with E-state index >= 15 is 0 Å². The Kier molecular flexibility index (Phi) is 5.90. The minimum absolute atomic E-state index is 0.0631. The molecule has 2 N–H and O–H groups in total. The highest BCUT2D eigenvalue weighted by Gasteiger charge is 2.27. The molecule has 0 aromatic heterocycles. The molecular weight excluding hydrogens is 214 g/mol. The largest absolute Gasteiger partial charge is 0.396 e. The summed E-state index contributed by atoms with van der Waals surface area (Å²) < 4.78 is 0. The molecule has 0 bridgehead atoms. The molecular formula is C14H29NO2. The molecule has 0 spiro atoms. The van der Waals surface area contributed by atoms with Crippen LogP contribution in [0.4, 0.5) is 0 Å². The van der Waals surface area contributed by atoms with Gasteiger partial charge in [-0.1, -0.05) is 20.8 Å². The van der Waals surface area contributed by atoms with Crippen molar-refractivity contribution >= 4 is 0 Å². The molecule has 1 aliphatic rings. The van der Waals surface area contributed by atoms with Gasteiger partial charge in [-0.25, -0.2) is 0 Å². The van der Waals surface area contributed by atoms with E-state index in [0.717, 1.165) is 31.5 Å². The molecule has 1 fully saturated rings. The van der Waals surface area contributed by atoms with Crippen molar-refractivity contribution in [1.29, 1.82) is 0 Å². The summed E-state index contributed by atoms with van der Waals surface area (Å²) in [6.45, 7) is 9.73. The van der Waals surface area contributed by atoms with Gasteiger partial charge in [0.1, 0.15) is 0 Å². The maximum absolute atomic E-state index is 9.34. The molecule has 0 radical (unpaired) electrons. The molecule has 0 aliphatic carbocycles. The molecule has 1 heterocycles. The van der Waals surface area contributed by atoms with Gasteiger partial charge in [0.05, 0.1) is 13.2 Å². The van der Waals surface area contributed by atoms with E-state index in [1.54, 1.807) is 0 Å². The van der Waals surface area contributed by atoms with E-state index in [2.05, 4.69) is 18.7 Å². The second kappa shape index (κ2) is 6.72. The first-order valence-electron chi connectivity index (χ1n) is 6.95. The summed E-state index contributed by atoms with van der Waals surface area (Å²) in [6.07, 6.45) is 3.82. The van der Waals surface area contributed by atoms with Crippen LogP contribution in [0.5, 0.6) is 0 Å². The van der Waals surface area contributed by atoms with Crippen LogP contribution < -0.4 is 0 Å². The molecule has 1 rings (SSSR count). The van der Waals surface area contributed by atoms with Crippen molar-refractivity contribution in [2.75, 3.05) is 32.8 Å². The normalized spacial score (nSPS) is 24.0. The van der Waals surface area contributed by atoms with E-state index in [4.69, 9.17) is 0 Å². The average Bonchev–Trinajstić information content (AvgIpc) is 2.54. The van der Waals surface area contributed by atoms with E-state index in [9.17, 15) is 10.2 Å². The highest BCUT2D eigenvalue weighted by Crippen LogP contribution is 2.26. The van der Waals surface area contributed by atoms with Crippen LogP contribution in [-0.2, 0) is 0 Å². The van der Waals surface area contributed by atoms with E-state index in [1.165, 1.54) is 19.3 Å². The summed E-state index contributed by atoms with van der Waals surface area (Å²) in [5, 5.41) is 18.7. The van der Waals surface area contributed by atoms with E-state index in [-0.39, 0.29) is 18.6 Å². The van der Waals surface area contributed by atoms with Crippen LogP contribution in [0.3, 0.4) is 0 Å². The predicted octanol–water partition coefficient (Wildman–Crippen LogP) is 1.74. The van der Waals surface area contributed by atoms with E-state index in [1.807, 2.05) is 6.92 Å².